The van der Waals surface area contributed by atoms with Gasteiger partial charge in [-0.1, -0.05) is 19.9 Å². The Morgan fingerprint density at radius 1 is 1.30 bits per heavy atom. The van der Waals surface area contributed by atoms with E-state index in [2.05, 4.69) is 36.6 Å². The van der Waals surface area contributed by atoms with Gasteiger partial charge in [-0.05, 0) is 35.7 Å². The first-order valence-corrected chi connectivity index (χ1v) is 6.92. The molecule has 0 spiro atoms. The number of imidazole rings is 1. The summed E-state index contributed by atoms with van der Waals surface area (Å²) in [5.74, 6) is 2.22. The van der Waals surface area contributed by atoms with Crippen LogP contribution in [0.1, 0.15) is 19.4 Å². The van der Waals surface area contributed by atoms with E-state index >= 15 is 0 Å². The number of nitrogens with zero attached hydrogens (tertiary/aromatic N) is 2. The van der Waals surface area contributed by atoms with Gasteiger partial charge >= 0.3 is 0 Å². The predicted octanol–water partition coefficient (Wildman–Crippen LogP) is 3.41. The van der Waals surface area contributed by atoms with Crippen molar-refractivity contribution >= 4 is 11.0 Å². The van der Waals surface area contributed by atoms with Crippen LogP contribution in [0.25, 0.3) is 22.6 Å². The molecule has 0 saturated heterocycles. The van der Waals surface area contributed by atoms with Crippen LogP contribution in [0, 0.1) is 5.92 Å². The van der Waals surface area contributed by atoms with Gasteiger partial charge in [-0.3, -0.25) is 0 Å². The maximum Gasteiger partial charge on any atom is 0.177 e. The third kappa shape index (κ3) is 2.23. The topological polar surface area (TPSA) is 57.0 Å². The molecule has 1 aromatic carbocycles. The fraction of sp³-hybridized carbons (Fsp3) is 0.312. The van der Waals surface area contributed by atoms with Crippen LogP contribution in [0.5, 0.6) is 0 Å². The van der Waals surface area contributed by atoms with Crippen LogP contribution in [-0.4, -0.2) is 9.55 Å². The fourth-order valence-corrected chi connectivity index (χ4v) is 2.45. The molecule has 0 aliphatic rings. The lowest BCUT2D eigenvalue weighted by atomic mass is 10.2. The lowest BCUT2D eigenvalue weighted by molar-refractivity contribution is 0.522. The standard InChI is InChI=1S/C16H19N3O/c1-11(2)10-19-14-6-5-12(9-17)8-13(14)18-16(19)15-4-3-7-20-15/h3-8,11H,9-10,17H2,1-2H3. The summed E-state index contributed by atoms with van der Waals surface area (Å²) in [7, 11) is 0. The van der Waals surface area contributed by atoms with Crippen LogP contribution in [0.2, 0.25) is 0 Å². The SMILES string of the molecule is CC(C)Cn1c(-c2ccco2)nc2cc(CN)ccc21. The van der Waals surface area contributed by atoms with Gasteiger partial charge in [0.05, 0.1) is 17.3 Å². The highest BCUT2D eigenvalue weighted by atomic mass is 16.3. The molecule has 0 radical (unpaired) electrons. The summed E-state index contributed by atoms with van der Waals surface area (Å²) in [5, 5.41) is 0. The lowest BCUT2D eigenvalue weighted by Gasteiger charge is -2.10. The second-order valence-corrected chi connectivity index (χ2v) is 5.44. The summed E-state index contributed by atoms with van der Waals surface area (Å²) in [6.45, 7) is 5.84. The maximum atomic E-state index is 5.71. The van der Waals surface area contributed by atoms with Gasteiger partial charge in [0.1, 0.15) is 0 Å². The zero-order valence-corrected chi connectivity index (χ0v) is 11.8. The van der Waals surface area contributed by atoms with E-state index in [1.54, 1.807) is 6.26 Å². The van der Waals surface area contributed by atoms with Crippen LogP contribution in [0.3, 0.4) is 0 Å². The number of hydrogen-bond acceptors (Lipinski definition) is 3. The summed E-state index contributed by atoms with van der Waals surface area (Å²) in [6.07, 6.45) is 1.68. The van der Waals surface area contributed by atoms with Gasteiger partial charge in [0.15, 0.2) is 11.6 Å². The molecule has 104 valence electrons. The molecule has 0 saturated carbocycles. The molecule has 4 heteroatoms. The normalized spacial score (nSPS) is 11.6. The van der Waals surface area contributed by atoms with Crippen molar-refractivity contribution < 1.29 is 4.42 Å². The van der Waals surface area contributed by atoms with Crippen molar-refractivity contribution in [3.63, 3.8) is 0 Å². The molecule has 2 aromatic heterocycles. The molecule has 0 amide bonds. The highest BCUT2D eigenvalue weighted by Gasteiger charge is 2.15. The average molecular weight is 269 g/mol. The maximum absolute atomic E-state index is 5.71. The molecule has 2 heterocycles. The first kappa shape index (κ1) is 12.9. The molecule has 2 N–H and O–H groups in total. The molecule has 0 bridgehead atoms. The van der Waals surface area contributed by atoms with E-state index < -0.39 is 0 Å². The molecule has 20 heavy (non-hydrogen) atoms. The van der Waals surface area contributed by atoms with Crippen molar-refractivity contribution in [2.45, 2.75) is 26.9 Å². The molecule has 0 unspecified atom stereocenters. The number of fused-ring (bicyclic) bond motifs is 1. The quantitative estimate of drug-likeness (QED) is 0.789. The van der Waals surface area contributed by atoms with Crippen molar-refractivity contribution in [2.24, 2.45) is 11.7 Å². The van der Waals surface area contributed by atoms with Crippen molar-refractivity contribution in [2.75, 3.05) is 0 Å². The minimum atomic E-state index is 0.531. The van der Waals surface area contributed by atoms with E-state index in [0.29, 0.717) is 12.5 Å². The Balaban J connectivity index is 2.21. The Bertz CT molecular complexity index is 711. The summed E-state index contributed by atoms with van der Waals surface area (Å²) in [6, 6.07) is 10.0. The van der Waals surface area contributed by atoms with E-state index in [0.717, 1.165) is 34.7 Å². The van der Waals surface area contributed by atoms with E-state index in [9.17, 15) is 0 Å². The van der Waals surface area contributed by atoms with E-state index in [1.807, 2.05) is 12.1 Å². The van der Waals surface area contributed by atoms with Crippen molar-refractivity contribution in [1.29, 1.82) is 0 Å². The highest BCUT2D eigenvalue weighted by molar-refractivity contribution is 5.80. The van der Waals surface area contributed by atoms with Crippen LogP contribution in [0.4, 0.5) is 0 Å². The summed E-state index contributed by atoms with van der Waals surface area (Å²) in [4.78, 5) is 4.73. The Hall–Kier alpha value is -2.07. The zero-order chi connectivity index (χ0) is 14.1. The minimum Gasteiger partial charge on any atom is -0.461 e. The Labute approximate surface area is 118 Å². The van der Waals surface area contributed by atoms with E-state index in [-0.39, 0.29) is 0 Å². The van der Waals surface area contributed by atoms with Crippen molar-refractivity contribution in [3.05, 3.63) is 42.2 Å². The Kier molecular flexibility index (Phi) is 3.32. The molecular formula is C16H19N3O. The van der Waals surface area contributed by atoms with E-state index in [4.69, 9.17) is 15.1 Å². The number of benzene rings is 1. The second-order valence-electron chi connectivity index (χ2n) is 5.44. The van der Waals surface area contributed by atoms with Gasteiger partial charge in [-0.2, -0.15) is 0 Å². The summed E-state index contributed by atoms with van der Waals surface area (Å²) < 4.78 is 7.74. The molecule has 0 atom stereocenters. The Morgan fingerprint density at radius 3 is 2.80 bits per heavy atom. The fourth-order valence-electron chi connectivity index (χ4n) is 2.45. The molecule has 0 aliphatic heterocycles. The Morgan fingerprint density at radius 2 is 2.15 bits per heavy atom. The van der Waals surface area contributed by atoms with Crippen LogP contribution in [0.15, 0.2) is 41.0 Å². The smallest absolute Gasteiger partial charge is 0.177 e. The molecule has 3 rings (SSSR count). The number of nitrogens with two attached hydrogens (primary N) is 1. The van der Waals surface area contributed by atoms with Gasteiger partial charge in [-0.15, -0.1) is 0 Å². The first-order valence-electron chi connectivity index (χ1n) is 6.92. The predicted molar refractivity (Wildman–Crippen MR) is 80.2 cm³/mol. The van der Waals surface area contributed by atoms with Gasteiger partial charge in [0.2, 0.25) is 0 Å². The van der Waals surface area contributed by atoms with Crippen molar-refractivity contribution in [3.8, 4) is 11.6 Å². The second kappa shape index (κ2) is 5.13. The van der Waals surface area contributed by atoms with Crippen molar-refractivity contribution in [1.82, 2.24) is 9.55 Å². The molecule has 4 nitrogen and oxygen atoms in total. The van der Waals surface area contributed by atoms with Crippen LogP contribution in [-0.2, 0) is 13.1 Å². The number of aromatic nitrogens is 2. The minimum absolute atomic E-state index is 0.531. The van der Waals surface area contributed by atoms with Crippen LogP contribution >= 0.6 is 0 Å². The summed E-state index contributed by atoms with van der Waals surface area (Å²) in [5.41, 5.74) is 8.90. The zero-order valence-electron chi connectivity index (χ0n) is 11.8. The summed E-state index contributed by atoms with van der Waals surface area (Å²) >= 11 is 0. The van der Waals surface area contributed by atoms with Gasteiger partial charge in [0.25, 0.3) is 0 Å². The number of hydrogen-bond donors (Lipinski definition) is 1. The van der Waals surface area contributed by atoms with Gasteiger partial charge in [0, 0.05) is 13.1 Å². The number of furan rings is 1. The lowest BCUT2D eigenvalue weighted by Crippen LogP contribution is -2.06. The first-order chi connectivity index (χ1) is 9.69. The molecular weight excluding hydrogens is 250 g/mol. The third-order valence-corrected chi connectivity index (χ3v) is 3.34. The van der Waals surface area contributed by atoms with E-state index in [1.165, 1.54) is 0 Å². The number of rotatable bonds is 4. The monoisotopic (exact) mass is 269 g/mol. The average Bonchev–Trinajstić information content (AvgIpc) is 3.05. The molecule has 0 aliphatic carbocycles. The van der Waals surface area contributed by atoms with Crippen LogP contribution < -0.4 is 5.73 Å². The highest BCUT2D eigenvalue weighted by Crippen LogP contribution is 2.26. The molecule has 3 aromatic rings. The van der Waals surface area contributed by atoms with Gasteiger partial charge in [-0.25, -0.2) is 4.98 Å². The van der Waals surface area contributed by atoms with Gasteiger partial charge < -0.3 is 14.7 Å². The molecule has 0 fully saturated rings. The largest absolute Gasteiger partial charge is 0.461 e. The third-order valence-electron chi connectivity index (χ3n) is 3.34.